The SMILES string of the molecule is CSCc1nnc(SC)s1. The van der Waals surface area contributed by atoms with Crippen LogP contribution in [0.2, 0.25) is 0 Å². The standard InChI is InChI=1S/C5H8N2S3/c1-8-3-4-6-7-5(9-2)10-4/h3H2,1-2H3. The number of thioether (sulfide) groups is 2. The van der Waals surface area contributed by atoms with E-state index in [0.29, 0.717) is 0 Å². The summed E-state index contributed by atoms with van der Waals surface area (Å²) in [5.74, 6) is 0.984. The normalized spacial score (nSPS) is 10.2. The van der Waals surface area contributed by atoms with Gasteiger partial charge in [-0.25, -0.2) is 0 Å². The van der Waals surface area contributed by atoms with Crippen LogP contribution in [-0.2, 0) is 5.75 Å². The maximum absolute atomic E-state index is 4.00. The van der Waals surface area contributed by atoms with Crippen LogP contribution in [0.4, 0.5) is 0 Å². The Labute approximate surface area is 72.8 Å². The Morgan fingerprint density at radius 3 is 2.70 bits per heavy atom. The first-order chi connectivity index (χ1) is 4.86. The van der Waals surface area contributed by atoms with Gasteiger partial charge in [0.05, 0.1) is 0 Å². The molecular weight excluding hydrogens is 184 g/mol. The molecule has 0 bridgehead atoms. The summed E-state index contributed by atoms with van der Waals surface area (Å²) in [7, 11) is 0. The number of nitrogens with zero attached hydrogens (tertiary/aromatic N) is 2. The Bertz CT molecular complexity index is 199. The topological polar surface area (TPSA) is 25.8 Å². The van der Waals surface area contributed by atoms with Crippen molar-refractivity contribution >= 4 is 34.9 Å². The highest BCUT2D eigenvalue weighted by atomic mass is 32.2. The molecule has 1 aromatic heterocycles. The van der Waals surface area contributed by atoms with Gasteiger partial charge in [0.2, 0.25) is 0 Å². The fourth-order valence-electron chi connectivity index (χ4n) is 0.502. The van der Waals surface area contributed by atoms with Gasteiger partial charge < -0.3 is 0 Å². The van der Waals surface area contributed by atoms with Crippen LogP contribution in [0.1, 0.15) is 5.01 Å². The Kier molecular flexibility index (Phi) is 3.51. The van der Waals surface area contributed by atoms with Crippen LogP contribution in [0.5, 0.6) is 0 Å². The van der Waals surface area contributed by atoms with Gasteiger partial charge in [-0.1, -0.05) is 23.1 Å². The summed E-state index contributed by atoms with van der Waals surface area (Å²) in [4.78, 5) is 0. The molecule has 1 heterocycles. The molecule has 10 heavy (non-hydrogen) atoms. The fraction of sp³-hybridized carbons (Fsp3) is 0.600. The van der Waals surface area contributed by atoms with Crippen LogP contribution in [0.3, 0.4) is 0 Å². The molecule has 0 aliphatic carbocycles. The van der Waals surface area contributed by atoms with E-state index in [4.69, 9.17) is 0 Å². The first kappa shape index (κ1) is 8.36. The monoisotopic (exact) mass is 192 g/mol. The molecule has 56 valence electrons. The van der Waals surface area contributed by atoms with Gasteiger partial charge in [-0.15, -0.1) is 10.2 Å². The van der Waals surface area contributed by atoms with Gasteiger partial charge in [0.15, 0.2) is 4.34 Å². The second-order valence-electron chi connectivity index (χ2n) is 1.60. The molecule has 0 fully saturated rings. The molecule has 0 saturated carbocycles. The van der Waals surface area contributed by atoms with Crippen molar-refractivity contribution in [2.75, 3.05) is 12.5 Å². The Balaban J connectivity index is 2.59. The largest absolute Gasteiger partial charge is 0.174 e. The van der Waals surface area contributed by atoms with E-state index in [1.165, 1.54) is 0 Å². The zero-order valence-electron chi connectivity index (χ0n) is 5.83. The third-order valence-corrected chi connectivity index (χ3v) is 3.53. The summed E-state index contributed by atoms with van der Waals surface area (Å²) in [6.45, 7) is 0. The molecular formula is C5H8N2S3. The highest BCUT2D eigenvalue weighted by Crippen LogP contribution is 2.21. The van der Waals surface area contributed by atoms with E-state index in [2.05, 4.69) is 16.5 Å². The number of hydrogen-bond donors (Lipinski definition) is 0. The molecule has 0 spiro atoms. The van der Waals surface area contributed by atoms with Crippen LogP contribution < -0.4 is 0 Å². The average molecular weight is 192 g/mol. The predicted octanol–water partition coefficient (Wildman–Crippen LogP) is 2.12. The van der Waals surface area contributed by atoms with E-state index in [0.717, 1.165) is 15.1 Å². The first-order valence-corrected chi connectivity index (χ1v) is 6.15. The molecule has 0 N–H and O–H groups in total. The number of hydrogen-bond acceptors (Lipinski definition) is 5. The van der Waals surface area contributed by atoms with E-state index < -0.39 is 0 Å². The fourth-order valence-corrected chi connectivity index (χ4v) is 2.51. The highest BCUT2D eigenvalue weighted by molar-refractivity contribution is 8.00. The van der Waals surface area contributed by atoms with Gasteiger partial charge in [0, 0.05) is 5.75 Å². The van der Waals surface area contributed by atoms with Crippen LogP contribution in [0.25, 0.3) is 0 Å². The van der Waals surface area contributed by atoms with Gasteiger partial charge in [0.1, 0.15) is 5.01 Å². The van der Waals surface area contributed by atoms with Crippen molar-refractivity contribution in [3.05, 3.63) is 5.01 Å². The summed E-state index contributed by atoms with van der Waals surface area (Å²) in [5.41, 5.74) is 0. The Morgan fingerprint density at radius 1 is 1.40 bits per heavy atom. The van der Waals surface area contributed by atoms with E-state index in [1.54, 1.807) is 34.9 Å². The molecule has 0 atom stereocenters. The molecule has 0 unspecified atom stereocenters. The minimum atomic E-state index is 0.984. The van der Waals surface area contributed by atoms with E-state index in [1.807, 2.05) is 6.26 Å². The summed E-state index contributed by atoms with van der Waals surface area (Å²) in [6, 6.07) is 0. The van der Waals surface area contributed by atoms with Crippen molar-refractivity contribution in [2.24, 2.45) is 0 Å². The van der Waals surface area contributed by atoms with E-state index in [-0.39, 0.29) is 0 Å². The summed E-state index contributed by atoms with van der Waals surface area (Å²) in [5, 5.41) is 9.10. The van der Waals surface area contributed by atoms with Crippen molar-refractivity contribution in [1.29, 1.82) is 0 Å². The molecule has 1 rings (SSSR count). The molecule has 0 aliphatic heterocycles. The quantitative estimate of drug-likeness (QED) is 0.685. The molecule has 1 aromatic rings. The van der Waals surface area contributed by atoms with Crippen LogP contribution in [-0.4, -0.2) is 22.7 Å². The highest BCUT2D eigenvalue weighted by Gasteiger charge is 2.00. The molecule has 0 amide bonds. The lowest BCUT2D eigenvalue weighted by atomic mass is 10.9. The predicted molar refractivity (Wildman–Crippen MR) is 48.9 cm³/mol. The zero-order valence-corrected chi connectivity index (χ0v) is 8.28. The number of aromatic nitrogens is 2. The molecule has 2 nitrogen and oxygen atoms in total. The van der Waals surface area contributed by atoms with Gasteiger partial charge >= 0.3 is 0 Å². The lowest BCUT2D eigenvalue weighted by Gasteiger charge is -1.83. The zero-order chi connectivity index (χ0) is 7.40. The van der Waals surface area contributed by atoms with Crippen molar-refractivity contribution in [2.45, 2.75) is 10.1 Å². The summed E-state index contributed by atoms with van der Waals surface area (Å²) in [6.07, 6.45) is 4.09. The summed E-state index contributed by atoms with van der Waals surface area (Å²) >= 11 is 5.11. The third-order valence-electron chi connectivity index (χ3n) is 0.891. The van der Waals surface area contributed by atoms with E-state index in [9.17, 15) is 0 Å². The molecule has 5 heteroatoms. The average Bonchev–Trinajstić information content (AvgIpc) is 2.37. The molecule has 0 aromatic carbocycles. The third kappa shape index (κ3) is 2.14. The molecule has 0 radical (unpaired) electrons. The van der Waals surface area contributed by atoms with Crippen molar-refractivity contribution in [3.63, 3.8) is 0 Å². The second kappa shape index (κ2) is 4.20. The maximum Gasteiger partial charge on any atom is 0.174 e. The number of rotatable bonds is 3. The van der Waals surface area contributed by atoms with Crippen LogP contribution >= 0.6 is 34.9 Å². The van der Waals surface area contributed by atoms with Gasteiger partial charge in [-0.3, -0.25) is 0 Å². The van der Waals surface area contributed by atoms with Crippen molar-refractivity contribution < 1.29 is 0 Å². The van der Waals surface area contributed by atoms with Crippen LogP contribution in [0, 0.1) is 0 Å². The second-order valence-corrected chi connectivity index (χ2v) is 4.58. The van der Waals surface area contributed by atoms with Crippen molar-refractivity contribution in [3.8, 4) is 0 Å². The maximum atomic E-state index is 4.00. The minimum absolute atomic E-state index is 0.984. The van der Waals surface area contributed by atoms with Gasteiger partial charge in [0.25, 0.3) is 0 Å². The Morgan fingerprint density at radius 2 is 2.20 bits per heavy atom. The van der Waals surface area contributed by atoms with E-state index >= 15 is 0 Å². The first-order valence-electron chi connectivity index (χ1n) is 2.72. The lowest BCUT2D eigenvalue weighted by Crippen LogP contribution is -1.75. The minimum Gasteiger partial charge on any atom is -0.158 e. The molecule has 0 aliphatic rings. The Hall–Kier alpha value is 0.260. The van der Waals surface area contributed by atoms with Gasteiger partial charge in [-0.05, 0) is 12.5 Å². The van der Waals surface area contributed by atoms with Crippen molar-refractivity contribution in [1.82, 2.24) is 10.2 Å². The smallest absolute Gasteiger partial charge is 0.158 e. The van der Waals surface area contributed by atoms with Crippen LogP contribution in [0.15, 0.2) is 4.34 Å². The van der Waals surface area contributed by atoms with Gasteiger partial charge in [-0.2, -0.15) is 11.8 Å². The summed E-state index contributed by atoms with van der Waals surface area (Å²) < 4.78 is 1.06. The lowest BCUT2D eigenvalue weighted by molar-refractivity contribution is 0.980. The molecule has 0 saturated heterocycles.